The van der Waals surface area contributed by atoms with Crippen LogP contribution in [0.4, 0.5) is 0 Å². The van der Waals surface area contributed by atoms with Crippen molar-refractivity contribution in [2.45, 2.75) is 32.7 Å². The lowest BCUT2D eigenvalue weighted by Crippen LogP contribution is -2.22. The lowest BCUT2D eigenvalue weighted by atomic mass is 9.80. The van der Waals surface area contributed by atoms with E-state index in [2.05, 4.69) is 43.1 Å². The summed E-state index contributed by atoms with van der Waals surface area (Å²) in [5.74, 6) is 0. The fourth-order valence-electron chi connectivity index (χ4n) is 2.40. The van der Waals surface area contributed by atoms with Crippen molar-refractivity contribution in [3.05, 3.63) is 35.9 Å². The summed E-state index contributed by atoms with van der Waals surface area (Å²) < 4.78 is 5.19. The molecule has 1 atom stereocenters. The van der Waals surface area contributed by atoms with Gasteiger partial charge in [-0.3, -0.25) is 0 Å². The van der Waals surface area contributed by atoms with Gasteiger partial charge in [0.2, 0.25) is 0 Å². The highest BCUT2D eigenvalue weighted by atomic mass is 16.5. The maximum atomic E-state index is 5.52. The maximum Gasteiger partial charge on any atom is 0.282 e. The number of benzene rings is 1. The Balaban J connectivity index is 1.95. The Labute approximate surface area is 103 Å². The minimum Gasteiger partial charge on any atom is -0.463 e. The predicted molar refractivity (Wildman–Crippen MR) is 69.9 cm³/mol. The average Bonchev–Trinajstić information content (AvgIpc) is 2.63. The van der Waals surface area contributed by atoms with Crippen LogP contribution in [-0.4, -0.2) is 18.7 Å². The molecule has 3 nitrogen and oxygen atoms in total. The standard InChI is InChI=1S/C14H20N2O/c1-14(2,8-11-6-4-3-5-7-11)9-12-10-17-13(15)16-12/h3-7,12H,8-10H2,1-2H3,(H2,15,16). The first-order valence-electron chi connectivity index (χ1n) is 6.05. The van der Waals surface area contributed by atoms with Crippen LogP contribution in [0, 0.1) is 5.41 Å². The number of nitrogens with zero attached hydrogens (tertiary/aromatic N) is 1. The van der Waals surface area contributed by atoms with E-state index in [-0.39, 0.29) is 11.5 Å². The van der Waals surface area contributed by atoms with Crippen LogP contribution < -0.4 is 5.73 Å². The van der Waals surface area contributed by atoms with Crippen LogP contribution in [0.1, 0.15) is 25.8 Å². The first-order chi connectivity index (χ1) is 8.05. The Kier molecular flexibility index (Phi) is 3.36. The fourth-order valence-corrected chi connectivity index (χ4v) is 2.40. The van der Waals surface area contributed by atoms with E-state index >= 15 is 0 Å². The van der Waals surface area contributed by atoms with Crippen LogP contribution >= 0.6 is 0 Å². The van der Waals surface area contributed by atoms with Gasteiger partial charge in [0.1, 0.15) is 6.61 Å². The summed E-state index contributed by atoms with van der Waals surface area (Å²) in [6.45, 7) is 5.16. The molecule has 0 amide bonds. The van der Waals surface area contributed by atoms with Gasteiger partial charge in [-0.2, -0.15) is 0 Å². The SMILES string of the molecule is CC(C)(Cc1ccccc1)CC1COC(N)=N1. The summed E-state index contributed by atoms with van der Waals surface area (Å²) in [5, 5.41) is 0. The largest absolute Gasteiger partial charge is 0.463 e. The van der Waals surface area contributed by atoms with E-state index in [1.54, 1.807) is 0 Å². The minimum absolute atomic E-state index is 0.212. The molecular weight excluding hydrogens is 212 g/mol. The highest BCUT2D eigenvalue weighted by molar-refractivity contribution is 5.73. The van der Waals surface area contributed by atoms with Gasteiger partial charge >= 0.3 is 0 Å². The molecule has 1 aromatic rings. The summed E-state index contributed by atoms with van der Waals surface area (Å²) in [6.07, 6.45) is 2.06. The molecule has 3 heteroatoms. The molecule has 2 rings (SSSR count). The van der Waals surface area contributed by atoms with E-state index in [9.17, 15) is 0 Å². The van der Waals surface area contributed by atoms with Gasteiger partial charge in [-0.05, 0) is 23.8 Å². The topological polar surface area (TPSA) is 47.6 Å². The van der Waals surface area contributed by atoms with Crippen molar-refractivity contribution in [1.82, 2.24) is 0 Å². The van der Waals surface area contributed by atoms with Crippen LogP contribution in [0.3, 0.4) is 0 Å². The van der Waals surface area contributed by atoms with Crippen LogP contribution in [-0.2, 0) is 11.2 Å². The van der Waals surface area contributed by atoms with Crippen molar-refractivity contribution in [2.24, 2.45) is 16.1 Å². The summed E-state index contributed by atoms with van der Waals surface area (Å²) in [7, 11) is 0. The fraction of sp³-hybridized carbons (Fsp3) is 0.500. The van der Waals surface area contributed by atoms with E-state index < -0.39 is 0 Å². The van der Waals surface area contributed by atoms with Crippen LogP contribution in [0.5, 0.6) is 0 Å². The second-order valence-electron chi connectivity index (χ2n) is 5.46. The van der Waals surface area contributed by atoms with Crippen LogP contribution in [0.15, 0.2) is 35.3 Å². The van der Waals surface area contributed by atoms with Crippen molar-refractivity contribution in [3.8, 4) is 0 Å². The number of hydrogen-bond acceptors (Lipinski definition) is 3. The van der Waals surface area contributed by atoms with Gasteiger partial charge < -0.3 is 10.5 Å². The van der Waals surface area contributed by atoms with E-state index in [0.717, 1.165) is 12.8 Å². The maximum absolute atomic E-state index is 5.52. The van der Waals surface area contributed by atoms with Crippen molar-refractivity contribution >= 4 is 6.02 Å². The molecule has 17 heavy (non-hydrogen) atoms. The number of hydrogen-bond donors (Lipinski definition) is 1. The third kappa shape index (κ3) is 3.48. The van der Waals surface area contributed by atoms with Crippen molar-refractivity contribution in [3.63, 3.8) is 0 Å². The third-order valence-corrected chi connectivity index (χ3v) is 3.05. The van der Waals surface area contributed by atoms with Crippen LogP contribution in [0.25, 0.3) is 0 Å². The monoisotopic (exact) mass is 232 g/mol. The van der Waals surface area contributed by atoms with Gasteiger partial charge in [-0.25, -0.2) is 4.99 Å². The molecule has 2 N–H and O–H groups in total. The Morgan fingerprint density at radius 2 is 2.06 bits per heavy atom. The second kappa shape index (κ2) is 4.78. The van der Waals surface area contributed by atoms with Gasteiger partial charge in [0.25, 0.3) is 6.02 Å². The molecular formula is C14H20N2O. The normalized spacial score (nSPS) is 19.9. The molecule has 0 radical (unpaired) electrons. The molecule has 1 aromatic carbocycles. The molecule has 0 saturated heterocycles. The first-order valence-corrected chi connectivity index (χ1v) is 6.05. The number of rotatable bonds is 4. The molecule has 0 bridgehead atoms. The molecule has 92 valence electrons. The van der Waals surface area contributed by atoms with Gasteiger partial charge in [0.15, 0.2) is 0 Å². The van der Waals surface area contributed by atoms with E-state index in [1.807, 2.05) is 6.07 Å². The highest BCUT2D eigenvalue weighted by Crippen LogP contribution is 2.29. The molecule has 1 heterocycles. The molecule has 1 aliphatic heterocycles. The van der Waals surface area contributed by atoms with Gasteiger partial charge in [-0.1, -0.05) is 44.2 Å². The van der Waals surface area contributed by atoms with E-state index in [1.165, 1.54) is 5.56 Å². The Morgan fingerprint density at radius 1 is 1.35 bits per heavy atom. The smallest absolute Gasteiger partial charge is 0.282 e. The first kappa shape index (κ1) is 12.0. The second-order valence-corrected chi connectivity index (χ2v) is 5.46. The Bertz CT molecular complexity index is 398. The molecule has 0 saturated carbocycles. The summed E-state index contributed by atoms with van der Waals surface area (Å²) in [6, 6.07) is 11.1. The van der Waals surface area contributed by atoms with E-state index in [0.29, 0.717) is 12.6 Å². The Morgan fingerprint density at radius 3 is 2.65 bits per heavy atom. The molecule has 0 aliphatic carbocycles. The van der Waals surface area contributed by atoms with Gasteiger partial charge in [-0.15, -0.1) is 0 Å². The number of ether oxygens (including phenoxy) is 1. The quantitative estimate of drug-likeness (QED) is 0.866. The van der Waals surface area contributed by atoms with E-state index in [4.69, 9.17) is 10.5 Å². The van der Waals surface area contributed by atoms with Crippen molar-refractivity contribution in [2.75, 3.05) is 6.61 Å². The summed E-state index contributed by atoms with van der Waals surface area (Å²) in [5.41, 5.74) is 7.10. The third-order valence-electron chi connectivity index (χ3n) is 3.05. The zero-order chi connectivity index (χ0) is 12.3. The van der Waals surface area contributed by atoms with Gasteiger partial charge in [0.05, 0.1) is 6.04 Å². The summed E-state index contributed by atoms with van der Waals surface area (Å²) in [4.78, 5) is 4.29. The highest BCUT2D eigenvalue weighted by Gasteiger charge is 2.26. The van der Waals surface area contributed by atoms with Crippen molar-refractivity contribution < 1.29 is 4.74 Å². The number of aliphatic imine (C=N–C) groups is 1. The zero-order valence-corrected chi connectivity index (χ0v) is 10.5. The van der Waals surface area contributed by atoms with Gasteiger partial charge in [0, 0.05) is 0 Å². The summed E-state index contributed by atoms with van der Waals surface area (Å²) >= 11 is 0. The number of amidine groups is 1. The minimum atomic E-state index is 0.212. The zero-order valence-electron chi connectivity index (χ0n) is 10.5. The Hall–Kier alpha value is -1.51. The molecule has 0 fully saturated rings. The average molecular weight is 232 g/mol. The lowest BCUT2D eigenvalue weighted by molar-refractivity contribution is 0.250. The molecule has 0 aromatic heterocycles. The lowest BCUT2D eigenvalue weighted by Gasteiger charge is -2.26. The molecule has 1 unspecified atom stereocenters. The molecule has 0 spiro atoms. The number of nitrogens with two attached hydrogens (primary N) is 1. The molecule has 1 aliphatic rings. The van der Waals surface area contributed by atoms with Crippen molar-refractivity contribution in [1.29, 1.82) is 0 Å². The predicted octanol–water partition coefficient (Wildman–Crippen LogP) is 2.36. The van der Waals surface area contributed by atoms with Crippen LogP contribution in [0.2, 0.25) is 0 Å².